The molecule has 2 amide bonds. The van der Waals surface area contributed by atoms with Gasteiger partial charge in [0.05, 0.1) is 18.1 Å². The lowest BCUT2D eigenvalue weighted by Gasteiger charge is -2.22. The predicted octanol–water partition coefficient (Wildman–Crippen LogP) is 1.79. The molecule has 0 radical (unpaired) electrons. The summed E-state index contributed by atoms with van der Waals surface area (Å²) in [6, 6.07) is 5.47. The Morgan fingerprint density at radius 3 is 2.79 bits per heavy atom. The standard InChI is InChI=1S/C19H23N3O5S/c1-11-6-14-7-15(21-9-16(27-19(21)25)8-20-12(2)28)4-5-17(14)22(11)18(24)10-26-13(3)23/h4-5,7,11,16H,6,8-10H2,1-3H3,(H,20,28)/t11-,16+/m1/s1. The molecular formula is C19H23N3O5S. The molecule has 1 saturated heterocycles. The molecule has 1 N–H and O–H groups in total. The van der Waals surface area contributed by atoms with Crippen LogP contribution in [0.25, 0.3) is 0 Å². The van der Waals surface area contributed by atoms with Gasteiger partial charge in [0.25, 0.3) is 5.91 Å². The number of rotatable bonds is 5. The number of nitrogens with zero attached hydrogens (tertiary/aromatic N) is 2. The van der Waals surface area contributed by atoms with E-state index in [1.165, 1.54) is 6.92 Å². The number of hydrogen-bond acceptors (Lipinski definition) is 6. The van der Waals surface area contributed by atoms with E-state index < -0.39 is 12.1 Å². The maximum absolute atomic E-state index is 12.4. The maximum atomic E-state index is 12.4. The Bertz CT molecular complexity index is 828. The summed E-state index contributed by atoms with van der Waals surface area (Å²) in [5, 5.41) is 3.01. The summed E-state index contributed by atoms with van der Waals surface area (Å²) in [4.78, 5) is 39.5. The monoisotopic (exact) mass is 405 g/mol. The van der Waals surface area contributed by atoms with Gasteiger partial charge in [-0.05, 0) is 44.0 Å². The molecule has 2 aliphatic rings. The van der Waals surface area contributed by atoms with Crippen LogP contribution in [0.3, 0.4) is 0 Å². The van der Waals surface area contributed by atoms with Crippen molar-refractivity contribution in [2.24, 2.45) is 0 Å². The van der Waals surface area contributed by atoms with Crippen LogP contribution in [0, 0.1) is 0 Å². The second-order valence-electron chi connectivity index (χ2n) is 6.96. The fourth-order valence-electron chi connectivity index (χ4n) is 3.49. The zero-order valence-electron chi connectivity index (χ0n) is 16.1. The normalized spacial score (nSPS) is 20.6. The van der Waals surface area contributed by atoms with E-state index in [9.17, 15) is 14.4 Å². The fourth-order valence-corrected chi connectivity index (χ4v) is 3.58. The maximum Gasteiger partial charge on any atom is 0.414 e. The summed E-state index contributed by atoms with van der Waals surface area (Å²) >= 11 is 4.99. The third-order valence-corrected chi connectivity index (χ3v) is 4.86. The summed E-state index contributed by atoms with van der Waals surface area (Å²) in [5.41, 5.74) is 2.47. The van der Waals surface area contributed by atoms with Crippen LogP contribution in [-0.4, -0.2) is 54.8 Å². The Hall–Kier alpha value is -2.68. The zero-order chi connectivity index (χ0) is 20.4. The minimum Gasteiger partial charge on any atom is -0.456 e. The summed E-state index contributed by atoms with van der Waals surface area (Å²) in [6.07, 6.45) is -0.0190. The third kappa shape index (κ3) is 4.24. The van der Waals surface area contributed by atoms with Gasteiger partial charge in [-0.25, -0.2) is 4.79 Å². The van der Waals surface area contributed by atoms with E-state index in [1.807, 2.05) is 19.1 Å². The Balaban J connectivity index is 1.73. The van der Waals surface area contributed by atoms with Crippen LogP contribution in [0.15, 0.2) is 18.2 Å². The smallest absolute Gasteiger partial charge is 0.414 e. The number of carbonyl (C=O) groups excluding carboxylic acids is 3. The molecule has 0 bridgehead atoms. The Kier molecular flexibility index (Phi) is 5.83. The van der Waals surface area contributed by atoms with Crippen LogP contribution in [-0.2, 0) is 25.5 Å². The molecule has 0 aromatic heterocycles. The van der Waals surface area contributed by atoms with E-state index in [4.69, 9.17) is 21.7 Å². The van der Waals surface area contributed by atoms with Crippen molar-refractivity contribution in [2.75, 3.05) is 29.5 Å². The second-order valence-corrected chi connectivity index (χ2v) is 7.58. The van der Waals surface area contributed by atoms with Crippen molar-refractivity contribution in [1.29, 1.82) is 0 Å². The van der Waals surface area contributed by atoms with Gasteiger partial charge in [0.15, 0.2) is 6.61 Å². The number of fused-ring (bicyclic) bond motifs is 1. The van der Waals surface area contributed by atoms with Crippen molar-refractivity contribution in [3.8, 4) is 0 Å². The SMILES string of the molecule is CC(=O)OCC(=O)N1c2ccc(N3C[C@H](CNC(C)=S)OC3=O)cc2C[C@H]1C. The van der Waals surface area contributed by atoms with Gasteiger partial charge < -0.3 is 19.7 Å². The van der Waals surface area contributed by atoms with Crippen LogP contribution < -0.4 is 15.1 Å². The van der Waals surface area contributed by atoms with Crippen LogP contribution in [0.5, 0.6) is 0 Å². The van der Waals surface area contributed by atoms with Crippen LogP contribution in [0.4, 0.5) is 16.2 Å². The number of ether oxygens (including phenoxy) is 2. The molecule has 1 aromatic rings. The van der Waals surface area contributed by atoms with E-state index in [0.29, 0.717) is 24.5 Å². The van der Waals surface area contributed by atoms with Crippen LogP contribution in [0.2, 0.25) is 0 Å². The molecule has 150 valence electrons. The van der Waals surface area contributed by atoms with Crippen LogP contribution >= 0.6 is 12.2 Å². The number of amides is 2. The van der Waals surface area contributed by atoms with Gasteiger partial charge in [-0.1, -0.05) is 12.2 Å². The fraction of sp³-hybridized carbons (Fsp3) is 0.474. The van der Waals surface area contributed by atoms with E-state index in [-0.39, 0.29) is 24.7 Å². The summed E-state index contributed by atoms with van der Waals surface area (Å²) in [5.74, 6) is -0.757. The molecule has 28 heavy (non-hydrogen) atoms. The molecule has 0 aliphatic carbocycles. The summed E-state index contributed by atoms with van der Waals surface area (Å²) in [6.45, 7) is 5.60. The number of benzene rings is 1. The van der Waals surface area contributed by atoms with E-state index in [2.05, 4.69) is 5.32 Å². The number of carbonyl (C=O) groups is 3. The van der Waals surface area contributed by atoms with Crippen molar-refractivity contribution >= 4 is 46.6 Å². The van der Waals surface area contributed by atoms with Gasteiger partial charge in [-0.2, -0.15) is 0 Å². The van der Waals surface area contributed by atoms with Crippen molar-refractivity contribution in [2.45, 2.75) is 39.3 Å². The van der Waals surface area contributed by atoms with E-state index in [0.717, 1.165) is 16.9 Å². The van der Waals surface area contributed by atoms with E-state index >= 15 is 0 Å². The number of nitrogens with one attached hydrogen (secondary N) is 1. The first kappa shape index (κ1) is 20.1. The highest BCUT2D eigenvalue weighted by Crippen LogP contribution is 2.36. The first-order valence-corrected chi connectivity index (χ1v) is 9.48. The summed E-state index contributed by atoms with van der Waals surface area (Å²) in [7, 11) is 0. The van der Waals surface area contributed by atoms with Crippen molar-refractivity contribution in [3.05, 3.63) is 23.8 Å². The highest BCUT2D eigenvalue weighted by molar-refractivity contribution is 7.80. The molecule has 1 aromatic carbocycles. The largest absolute Gasteiger partial charge is 0.456 e. The van der Waals surface area contributed by atoms with Gasteiger partial charge in [0, 0.05) is 24.3 Å². The van der Waals surface area contributed by atoms with Gasteiger partial charge >= 0.3 is 12.1 Å². The summed E-state index contributed by atoms with van der Waals surface area (Å²) < 4.78 is 10.2. The molecule has 9 heteroatoms. The number of anilines is 2. The van der Waals surface area contributed by atoms with Gasteiger partial charge in [-0.15, -0.1) is 0 Å². The zero-order valence-corrected chi connectivity index (χ0v) is 16.9. The van der Waals surface area contributed by atoms with Crippen molar-refractivity contribution in [1.82, 2.24) is 5.32 Å². The molecule has 0 spiro atoms. The topological polar surface area (TPSA) is 88.2 Å². The first-order valence-electron chi connectivity index (χ1n) is 9.07. The molecule has 3 rings (SSSR count). The highest BCUT2D eigenvalue weighted by atomic mass is 32.1. The number of thiocarbonyl (C=S) groups is 1. The predicted molar refractivity (Wildman–Crippen MR) is 108 cm³/mol. The Morgan fingerprint density at radius 2 is 2.11 bits per heavy atom. The molecular weight excluding hydrogens is 382 g/mol. The molecule has 1 fully saturated rings. The molecule has 0 saturated carbocycles. The lowest BCUT2D eigenvalue weighted by molar-refractivity contribution is -0.145. The lowest BCUT2D eigenvalue weighted by atomic mass is 10.1. The number of hydrogen-bond donors (Lipinski definition) is 1. The molecule has 2 aliphatic heterocycles. The quantitative estimate of drug-likeness (QED) is 0.590. The Labute approximate surface area is 168 Å². The molecule has 8 nitrogen and oxygen atoms in total. The third-order valence-electron chi connectivity index (χ3n) is 4.71. The average molecular weight is 405 g/mol. The van der Waals surface area contributed by atoms with Crippen molar-refractivity contribution in [3.63, 3.8) is 0 Å². The van der Waals surface area contributed by atoms with Gasteiger partial charge in [0.2, 0.25) is 0 Å². The Morgan fingerprint density at radius 1 is 1.36 bits per heavy atom. The van der Waals surface area contributed by atoms with Crippen molar-refractivity contribution < 1.29 is 23.9 Å². The highest BCUT2D eigenvalue weighted by Gasteiger charge is 2.35. The molecule has 0 unspecified atom stereocenters. The average Bonchev–Trinajstić information content (AvgIpc) is 3.16. The minimum absolute atomic E-state index is 0.0543. The number of esters is 1. The number of cyclic esters (lactones) is 1. The minimum atomic E-state index is -0.490. The first-order chi connectivity index (χ1) is 13.3. The lowest BCUT2D eigenvalue weighted by Crippen LogP contribution is -2.38. The van der Waals surface area contributed by atoms with E-state index in [1.54, 1.807) is 22.8 Å². The molecule has 2 heterocycles. The van der Waals surface area contributed by atoms with Gasteiger partial charge in [-0.3, -0.25) is 14.5 Å². The van der Waals surface area contributed by atoms with Crippen LogP contribution in [0.1, 0.15) is 26.3 Å². The molecule has 2 atom stereocenters. The second kappa shape index (κ2) is 8.14. The van der Waals surface area contributed by atoms with Gasteiger partial charge in [0.1, 0.15) is 6.10 Å².